The minimum absolute atomic E-state index is 0.118. The van der Waals surface area contributed by atoms with E-state index in [0.29, 0.717) is 6.04 Å². The first-order valence-electron chi connectivity index (χ1n) is 7.02. The van der Waals surface area contributed by atoms with Gasteiger partial charge in [0.1, 0.15) is 5.82 Å². The van der Waals surface area contributed by atoms with Gasteiger partial charge in [-0.3, -0.25) is 10.1 Å². The predicted octanol–water partition coefficient (Wildman–Crippen LogP) is 3.13. The van der Waals surface area contributed by atoms with Gasteiger partial charge in [0.25, 0.3) is 5.69 Å². The Morgan fingerprint density at radius 1 is 1.25 bits per heavy atom. The number of non-ortho nitro benzene ring substituents is 1. The molecule has 0 amide bonds. The highest BCUT2D eigenvalue weighted by Gasteiger charge is 2.38. The van der Waals surface area contributed by atoms with E-state index in [1.807, 2.05) is 12.1 Å². The summed E-state index contributed by atoms with van der Waals surface area (Å²) < 4.78 is 0. The van der Waals surface area contributed by atoms with Crippen LogP contribution in [0.4, 0.5) is 11.5 Å². The van der Waals surface area contributed by atoms with E-state index in [4.69, 9.17) is 0 Å². The van der Waals surface area contributed by atoms with Crippen molar-refractivity contribution in [2.24, 2.45) is 5.92 Å². The van der Waals surface area contributed by atoms with Crippen molar-refractivity contribution in [3.63, 3.8) is 0 Å². The zero-order chi connectivity index (χ0) is 13.7. The molecule has 0 N–H and O–H groups in total. The zero-order valence-corrected chi connectivity index (χ0v) is 11.0. The largest absolute Gasteiger partial charge is 0.353 e. The third kappa shape index (κ3) is 1.73. The first-order chi connectivity index (χ1) is 9.70. The first kappa shape index (κ1) is 11.6. The van der Waals surface area contributed by atoms with Gasteiger partial charge in [0, 0.05) is 30.1 Å². The molecule has 2 aliphatic rings. The number of benzene rings is 1. The fourth-order valence-corrected chi connectivity index (χ4v) is 3.58. The maximum atomic E-state index is 10.8. The summed E-state index contributed by atoms with van der Waals surface area (Å²) >= 11 is 0. The maximum absolute atomic E-state index is 10.8. The number of pyridine rings is 1. The molecule has 2 bridgehead atoms. The summed E-state index contributed by atoms with van der Waals surface area (Å²) in [5, 5.41) is 11.6. The standard InChI is InChI=1S/C15H15N3O2/c19-18(20)13-4-5-14-11(8-13)2-6-15(16-14)17-9-10-1-3-12(17)7-10/h2,4-6,8,10,12H,1,3,7,9H2. The number of piperidine rings is 1. The summed E-state index contributed by atoms with van der Waals surface area (Å²) in [6, 6.07) is 9.43. The van der Waals surface area contributed by atoms with E-state index in [-0.39, 0.29) is 10.6 Å². The van der Waals surface area contributed by atoms with Crippen molar-refractivity contribution < 1.29 is 4.92 Å². The quantitative estimate of drug-likeness (QED) is 0.620. The van der Waals surface area contributed by atoms with Crippen LogP contribution in [-0.4, -0.2) is 22.5 Å². The van der Waals surface area contributed by atoms with E-state index in [1.54, 1.807) is 12.1 Å². The Bertz CT molecular complexity index is 701. The molecule has 5 nitrogen and oxygen atoms in total. The van der Waals surface area contributed by atoms with Gasteiger partial charge in [-0.15, -0.1) is 0 Å². The number of nitro groups is 1. The van der Waals surface area contributed by atoms with Gasteiger partial charge in [0.2, 0.25) is 0 Å². The second-order valence-electron chi connectivity index (χ2n) is 5.79. The summed E-state index contributed by atoms with van der Waals surface area (Å²) in [7, 11) is 0. The highest BCUT2D eigenvalue weighted by molar-refractivity contribution is 5.82. The van der Waals surface area contributed by atoms with Gasteiger partial charge in [-0.05, 0) is 43.4 Å². The third-order valence-corrected chi connectivity index (χ3v) is 4.57. The van der Waals surface area contributed by atoms with Crippen LogP contribution in [0.25, 0.3) is 10.9 Å². The molecule has 2 heterocycles. The first-order valence-corrected chi connectivity index (χ1v) is 7.02. The molecule has 1 aliphatic heterocycles. The van der Waals surface area contributed by atoms with E-state index >= 15 is 0 Å². The number of hydrogen-bond donors (Lipinski definition) is 0. The van der Waals surface area contributed by atoms with Crippen LogP contribution in [0.15, 0.2) is 30.3 Å². The Hall–Kier alpha value is -2.17. The number of nitrogens with zero attached hydrogens (tertiary/aromatic N) is 3. The summed E-state index contributed by atoms with van der Waals surface area (Å²) in [5.41, 5.74) is 0.947. The summed E-state index contributed by atoms with van der Waals surface area (Å²) in [6.07, 6.45) is 3.91. The molecule has 102 valence electrons. The van der Waals surface area contributed by atoms with Crippen molar-refractivity contribution in [2.45, 2.75) is 25.3 Å². The number of rotatable bonds is 2. The van der Waals surface area contributed by atoms with Gasteiger partial charge >= 0.3 is 0 Å². The van der Waals surface area contributed by atoms with Gasteiger partial charge in [-0.1, -0.05) is 0 Å². The Morgan fingerprint density at radius 3 is 2.85 bits per heavy atom. The zero-order valence-electron chi connectivity index (χ0n) is 11.0. The van der Waals surface area contributed by atoms with Crippen LogP contribution in [0.3, 0.4) is 0 Å². The van der Waals surface area contributed by atoms with Crippen LogP contribution >= 0.6 is 0 Å². The Kier molecular flexibility index (Phi) is 2.42. The van der Waals surface area contributed by atoms with Gasteiger partial charge in [0.05, 0.1) is 10.4 Å². The van der Waals surface area contributed by atoms with Gasteiger partial charge in [0.15, 0.2) is 0 Å². The molecule has 5 heteroatoms. The molecule has 1 aromatic carbocycles. The Balaban J connectivity index is 1.72. The van der Waals surface area contributed by atoms with E-state index in [0.717, 1.165) is 29.2 Å². The van der Waals surface area contributed by atoms with Crippen LogP contribution in [0.5, 0.6) is 0 Å². The van der Waals surface area contributed by atoms with E-state index in [2.05, 4.69) is 9.88 Å². The molecule has 2 atom stereocenters. The minimum atomic E-state index is -0.368. The van der Waals surface area contributed by atoms with Crippen LogP contribution in [-0.2, 0) is 0 Å². The van der Waals surface area contributed by atoms with E-state index in [1.165, 1.54) is 25.3 Å². The lowest BCUT2D eigenvalue weighted by atomic mass is 10.1. The summed E-state index contributed by atoms with van der Waals surface area (Å²) in [6.45, 7) is 1.11. The van der Waals surface area contributed by atoms with Crippen LogP contribution in [0.1, 0.15) is 19.3 Å². The average molecular weight is 269 g/mol. The number of fused-ring (bicyclic) bond motifs is 3. The second kappa shape index (κ2) is 4.16. The average Bonchev–Trinajstić information content (AvgIpc) is 3.08. The highest BCUT2D eigenvalue weighted by atomic mass is 16.6. The van der Waals surface area contributed by atoms with E-state index < -0.39 is 0 Å². The molecular weight excluding hydrogens is 254 g/mol. The third-order valence-electron chi connectivity index (χ3n) is 4.57. The molecule has 0 spiro atoms. The van der Waals surface area contributed by atoms with Crippen molar-refractivity contribution in [1.82, 2.24) is 4.98 Å². The summed E-state index contributed by atoms with van der Waals surface area (Å²) in [5.74, 6) is 1.84. The number of hydrogen-bond acceptors (Lipinski definition) is 4. The van der Waals surface area contributed by atoms with Crippen molar-refractivity contribution in [3.05, 3.63) is 40.4 Å². The molecule has 1 aliphatic carbocycles. The molecule has 1 saturated carbocycles. The second-order valence-corrected chi connectivity index (χ2v) is 5.79. The molecule has 4 rings (SSSR count). The molecular formula is C15H15N3O2. The topological polar surface area (TPSA) is 59.3 Å². The Morgan fingerprint density at radius 2 is 2.15 bits per heavy atom. The van der Waals surface area contributed by atoms with Crippen molar-refractivity contribution in [3.8, 4) is 0 Å². The van der Waals surface area contributed by atoms with Crippen LogP contribution in [0, 0.1) is 16.0 Å². The van der Waals surface area contributed by atoms with Gasteiger partial charge in [-0.25, -0.2) is 4.98 Å². The molecule has 20 heavy (non-hydrogen) atoms. The lowest BCUT2D eigenvalue weighted by Crippen LogP contribution is -2.32. The highest BCUT2D eigenvalue weighted by Crippen LogP contribution is 2.39. The monoisotopic (exact) mass is 269 g/mol. The number of anilines is 1. The van der Waals surface area contributed by atoms with Crippen molar-refractivity contribution in [1.29, 1.82) is 0 Å². The molecule has 2 unspecified atom stereocenters. The lowest BCUT2D eigenvalue weighted by molar-refractivity contribution is -0.384. The van der Waals surface area contributed by atoms with Gasteiger partial charge in [-0.2, -0.15) is 0 Å². The Labute approximate surface area is 116 Å². The fourth-order valence-electron chi connectivity index (χ4n) is 3.58. The van der Waals surface area contributed by atoms with Crippen molar-refractivity contribution in [2.75, 3.05) is 11.4 Å². The van der Waals surface area contributed by atoms with E-state index in [9.17, 15) is 10.1 Å². The smallest absolute Gasteiger partial charge is 0.270 e. The lowest BCUT2D eigenvalue weighted by Gasteiger charge is -2.28. The molecule has 1 aromatic heterocycles. The SMILES string of the molecule is O=[N+]([O-])c1ccc2nc(N3CC4CCC3C4)ccc2c1. The van der Waals surface area contributed by atoms with Crippen molar-refractivity contribution >= 4 is 22.4 Å². The van der Waals surface area contributed by atoms with Gasteiger partial charge < -0.3 is 4.90 Å². The molecule has 2 aromatic rings. The number of aromatic nitrogens is 1. The fraction of sp³-hybridized carbons (Fsp3) is 0.400. The van der Waals surface area contributed by atoms with Crippen LogP contribution < -0.4 is 4.90 Å². The van der Waals surface area contributed by atoms with Crippen LogP contribution in [0.2, 0.25) is 0 Å². The normalized spacial score (nSPS) is 24.5. The summed E-state index contributed by atoms with van der Waals surface area (Å²) in [4.78, 5) is 17.5. The predicted molar refractivity (Wildman–Crippen MR) is 76.9 cm³/mol. The molecule has 1 saturated heterocycles. The number of nitro benzene ring substituents is 1. The minimum Gasteiger partial charge on any atom is -0.353 e. The molecule has 2 fully saturated rings. The maximum Gasteiger partial charge on any atom is 0.270 e. The molecule has 0 radical (unpaired) electrons.